The fourth-order valence-corrected chi connectivity index (χ4v) is 2.16. The molecule has 1 aliphatic heterocycles. The first-order valence-corrected chi connectivity index (χ1v) is 6.82. The molecule has 2 amide bonds. The third kappa shape index (κ3) is 3.71. The van der Waals surface area contributed by atoms with E-state index in [1.807, 2.05) is 0 Å². The Kier molecular flexibility index (Phi) is 5.28. The number of rotatable bonds is 4. The molecule has 0 aromatic rings. The van der Waals surface area contributed by atoms with Gasteiger partial charge in [-0.05, 0) is 32.6 Å². The molecule has 8 nitrogen and oxygen atoms in total. The fourth-order valence-electron chi connectivity index (χ4n) is 2.16. The van der Waals surface area contributed by atoms with Crippen molar-refractivity contribution >= 4 is 23.8 Å². The molecule has 0 aromatic carbocycles. The predicted molar refractivity (Wildman–Crippen MR) is 71.5 cm³/mol. The zero-order valence-corrected chi connectivity index (χ0v) is 12.1. The zero-order chi connectivity index (χ0) is 16.2. The van der Waals surface area contributed by atoms with Gasteiger partial charge in [0.25, 0.3) is 0 Å². The fraction of sp³-hybridized carbons (Fsp3) is 0.692. The number of carbonyl (C=O) groups is 4. The van der Waals surface area contributed by atoms with Gasteiger partial charge in [-0.15, -0.1) is 0 Å². The highest BCUT2D eigenvalue weighted by Gasteiger charge is 2.39. The van der Waals surface area contributed by atoms with E-state index in [-0.39, 0.29) is 13.0 Å². The molecule has 1 saturated heterocycles. The number of nitrogens with zero attached hydrogens (tertiary/aromatic N) is 1. The molecule has 0 bridgehead atoms. The molecule has 2 atom stereocenters. The lowest BCUT2D eigenvalue weighted by Crippen LogP contribution is -2.58. The second-order valence-corrected chi connectivity index (χ2v) is 5.29. The van der Waals surface area contributed by atoms with Crippen molar-refractivity contribution in [3.63, 3.8) is 0 Å². The summed E-state index contributed by atoms with van der Waals surface area (Å²) >= 11 is 0. The van der Waals surface area contributed by atoms with Crippen LogP contribution < -0.4 is 5.32 Å². The van der Waals surface area contributed by atoms with E-state index in [0.717, 1.165) is 4.90 Å². The van der Waals surface area contributed by atoms with Gasteiger partial charge in [0.05, 0.1) is 0 Å². The molecule has 0 spiro atoms. The Labute approximate surface area is 122 Å². The van der Waals surface area contributed by atoms with Crippen LogP contribution in [0.25, 0.3) is 0 Å². The minimum atomic E-state index is -1.55. The molecule has 0 aromatic heterocycles. The van der Waals surface area contributed by atoms with Gasteiger partial charge in [0.2, 0.25) is 0 Å². The van der Waals surface area contributed by atoms with Gasteiger partial charge in [-0.2, -0.15) is 0 Å². The number of hydrogen-bond donors (Lipinski definition) is 3. The highest BCUT2D eigenvalue weighted by atomic mass is 16.4. The first-order valence-electron chi connectivity index (χ1n) is 6.82. The lowest BCUT2D eigenvalue weighted by molar-refractivity contribution is -0.158. The molecule has 0 radical (unpaired) electrons. The predicted octanol–water partition coefficient (Wildman–Crippen LogP) is -0.178. The van der Waals surface area contributed by atoms with Crippen molar-refractivity contribution in [2.45, 2.75) is 51.1 Å². The number of piperidine rings is 1. The topological polar surface area (TPSA) is 124 Å². The van der Waals surface area contributed by atoms with Crippen molar-refractivity contribution < 1.29 is 29.4 Å². The highest BCUT2D eigenvalue weighted by molar-refractivity contribution is 6.35. The highest BCUT2D eigenvalue weighted by Crippen LogP contribution is 2.18. The lowest BCUT2D eigenvalue weighted by Gasteiger charge is -2.33. The number of carboxylic acid groups (broad SMARTS) is 2. The van der Waals surface area contributed by atoms with Gasteiger partial charge in [0.15, 0.2) is 0 Å². The largest absolute Gasteiger partial charge is 0.480 e. The second-order valence-electron chi connectivity index (χ2n) is 5.29. The quantitative estimate of drug-likeness (QED) is 0.619. The normalized spacial score (nSPS) is 21.2. The summed E-state index contributed by atoms with van der Waals surface area (Å²) in [5.41, 5.74) is -1.55. The summed E-state index contributed by atoms with van der Waals surface area (Å²) in [5, 5.41) is 20.3. The molecular weight excluding hydrogens is 280 g/mol. The van der Waals surface area contributed by atoms with E-state index in [4.69, 9.17) is 10.2 Å². The van der Waals surface area contributed by atoms with Crippen LogP contribution in [0.1, 0.15) is 39.5 Å². The first-order chi connectivity index (χ1) is 9.73. The minimum absolute atomic E-state index is 0.101. The van der Waals surface area contributed by atoms with Gasteiger partial charge >= 0.3 is 23.8 Å². The van der Waals surface area contributed by atoms with Crippen LogP contribution in [-0.4, -0.2) is 57.0 Å². The zero-order valence-electron chi connectivity index (χ0n) is 12.1. The summed E-state index contributed by atoms with van der Waals surface area (Å²) in [6, 6.07) is -1.03. The van der Waals surface area contributed by atoms with Gasteiger partial charge in [-0.1, -0.05) is 6.92 Å². The standard InChI is InChI=1S/C13H20N2O6/c1-3-13(2,12(20)21)14-9(16)10(17)15-7-5-4-6-8(15)11(18)19/h8H,3-7H2,1-2H3,(H,14,16)(H,18,19)(H,20,21)/t8-,13?/m0/s1. The molecule has 118 valence electrons. The van der Waals surface area contributed by atoms with Crippen LogP contribution in [0.3, 0.4) is 0 Å². The molecular formula is C13H20N2O6. The summed E-state index contributed by atoms with van der Waals surface area (Å²) in [5.74, 6) is -4.50. The number of carboxylic acids is 2. The Morgan fingerprint density at radius 1 is 1.24 bits per heavy atom. The van der Waals surface area contributed by atoms with Crippen LogP contribution in [0.2, 0.25) is 0 Å². The van der Waals surface area contributed by atoms with Crippen molar-refractivity contribution in [3.8, 4) is 0 Å². The van der Waals surface area contributed by atoms with Crippen molar-refractivity contribution in [2.75, 3.05) is 6.54 Å². The van der Waals surface area contributed by atoms with Crippen LogP contribution in [0, 0.1) is 0 Å². The number of nitrogens with one attached hydrogen (secondary N) is 1. The lowest BCUT2D eigenvalue weighted by atomic mass is 9.98. The third-order valence-corrected chi connectivity index (χ3v) is 3.81. The smallest absolute Gasteiger partial charge is 0.329 e. The first kappa shape index (κ1) is 16.9. The summed E-state index contributed by atoms with van der Waals surface area (Å²) in [6.07, 6.45) is 1.68. The maximum absolute atomic E-state index is 12.1. The van der Waals surface area contributed by atoms with Crippen LogP contribution in [-0.2, 0) is 19.2 Å². The summed E-state index contributed by atoms with van der Waals surface area (Å²) in [4.78, 5) is 47.3. The third-order valence-electron chi connectivity index (χ3n) is 3.81. The van der Waals surface area contributed by atoms with Crippen molar-refractivity contribution in [3.05, 3.63) is 0 Å². The SMILES string of the molecule is CCC(C)(NC(=O)C(=O)N1CCCC[C@H]1C(=O)O)C(=O)O. The number of likely N-dealkylation sites (tertiary alicyclic amines) is 1. The summed E-state index contributed by atoms with van der Waals surface area (Å²) in [7, 11) is 0. The summed E-state index contributed by atoms with van der Waals surface area (Å²) in [6.45, 7) is 3.05. The van der Waals surface area contributed by atoms with Gasteiger partial charge in [0.1, 0.15) is 11.6 Å². The van der Waals surface area contributed by atoms with Gasteiger partial charge in [0, 0.05) is 6.54 Å². The van der Waals surface area contributed by atoms with Gasteiger partial charge < -0.3 is 20.4 Å². The van der Waals surface area contributed by atoms with Crippen molar-refractivity contribution in [1.29, 1.82) is 0 Å². The molecule has 0 aliphatic carbocycles. The van der Waals surface area contributed by atoms with Crippen LogP contribution in [0.15, 0.2) is 0 Å². The maximum atomic E-state index is 12.1. The van der Waals surface area contributed by atoms with E-state index in [9.17, 15) is 19.2 Å². The van der Waals surface area contributed by atoms with Crippen LogP contribution in [0.5, 0.6) is 0 Å². The number of carbonyl (C=O) groups excluding carboxylic acids is 2. The van der Waals surface area contributed by atoms with E-state index >= 15 is 0 Å². The van der Waals surface area contributed by atoms with E-state index in [0.29, 0.717) is 19.3 Å². The number of amides is 2. The molecule has 1 heterocycles. The Hall–Kier alpha value is -2.12. The molecule has 0 saturated carbocycles. The Morgan fingerprint density at radius 2 is 1.86 bits per heavy atom. The molecule has 1 rings (SSSR count). The average molecular weight is 300 g/mol. The molecule has 3 N–H and O–H groups in total. The molecule has 8 heteroatoms. The van der Waals surface area contributed by atoms with Gasteiger partial charge in [-0.3, -0.25) is 9.59 Å². The molecule has 1 aliphatic rings. The maximum Gasteiger partial charge on any atom is 0.329 e. The average Bonchev–Trinajstić information content (AvgIpc) is 2.45. The Balaban J connectivity index is 2.84. The number of aliphatic carboxylic acids is 2. The molecule has 1 fully saturated rings. The minimum Gasteiger partial charge on any atom is -0.480 e. The monoisotopic (exact) mass is 300 g/mol. The van der Waals surface area contributed by atoms with E-state index in [1.54, 1.807) is 6.92 Å². The van der Waals surface area contributed by atoms with E-state index in [1.165, 1.54) is 6.92 Å². The Bertz CT molecular complexity index is 464. The van der Waals surface area contributed by atoms with Crippen molar-refractivity contribution in [1.82, 2.24) is 10.2 Å². The van der Waals surface area contributed by atoms with E-state index < -0.39 is 35.3 Å². The number of hydrogen-bond acceptors (Lipinski definition) is 4. The molecule has 21 heavy (non-hydrogen) atoms. The van der Waals surface area contributed by atoms with Gasteiger partial charge in [-0.25, -0.2) is 9.59 Å². The summed E-state index contributed by atoms with van der Waals surface area (Å²) < 4.78 is 0. The second kappa shape index (κ2) is 6.55. The van der Waals surface area contributed by atoms with Crippen LogP contribution >= 0.6 is 0 Å². The van der Waals surface area contributed by atoms with Crippen molar-refractivity contribution in [2.24, 2.45) is 0 Å². The Morgan fingerprint density at radius 3 is 2.33 bits per heavy atom. The van der Waals surface area contributed by atoms with Crippen LogP contribution in [0.4, 0.5) is 0 Å². The van der Waals surface area contributed by atoms with E-state index in [2.05, 4.69) is 5.32 Å². The molecule has 1 unspecified atom stereocenters.